The van der Waals surface area contributed by atoms with Crippen molar-refractivity contribution in [2.24, 2.45) is 11.8 Å². The van der Waals surface area contributed by atoms with Crippen molar-refractivity contribution >= 4 is 88.4 Å². The third kappa shape index (κ3) is 18.1. The summed E-state index contributed by atoms with van der Waals surface area (Å²) in [6.07, 6.45) is 0.497. The van der Waals surface area contributed by atoms with Crippen molar-refractivity contribution in [1.29, 1.82) is 5.26 Å². The maximum Gasteiger partial charge on any atom is 0.337 e. The highest BCUT2D eigenvalue weighted by Crippen LogP contribution is 2.42. The van der Waals surface area contributed by atoms with Gasteiger partial charge in [0.2, 0.25) is 0 Å². The van der Waals surface area contributed by atoms with Crippen LogP contribution in [-0.4, -0.2) is 140 Å². The molecule has 103 heavy (non-hydrogen) atoms. The normalized spacial score (nSPS) is 16.8. The molecule has 2 aliphatic carbocycles. The number of aryl methyl sites for hydroxylation is 1. The van der Waals surface area contributed by atoms with Crippen LogP contribution in [0.25, 0.3) is 30.6 Å². The van der Waals surface area contributed by atoms with Gasteiger partial charge in [-0.3, -0.25) is 4.79 Å². The summed E-state index contributed by atoms with van der Waals surface area (Å²) in [5, 5.41) is 79.5. The number of nitriles is 1. The molecule has 2 saturated carbocycles. The van der Waals surface area contributed by atoms with E-state index in [4.69, 9.17) is 47.9 Å². The highest BCUT2D eigenvalue weighted by atomic mass is 32.1. The number of methoxy groups -OCH3 is 1. The zero-order chi connectivity index (χ0) is 73.2. The van der Waals surface area contributed by atoms with Gasteiger partial charge in [0.15, 0.2) is 5.78 Å². The zero-order valence-corrected chi connectivity index (χ0v) is 61.0. The molecule has 25 heteroatoms. The van der Waals surface area contributed by atoms with Gasteiger partial charge in [0.25, 0.3) is 0 Å². The van der Waals surface area contributed by atoms with Crippen LogP contribution in [0.2, 0.25) is 0 Å². The molecule has 11 rings (SSSR count). The minimum absolute atomic E-state index is 0.00653. The smallest absolute Gasteiger partial charge is 0.337 e. The number of aromatic carboxylic acids is 3. The molecule has 22 nitrogen and oxygen atoms in total. The van der Waals surface area contributed by atoms with Crippen LogP contribution in [0.1, 0.15) is 194 Å². The minimum Gasteiger partial charge on any atom is -0.496 e. The van der Waals surface area contributed by atoms with Crippen molar-refractivity contribution in [2.45, 2.75) is 167 Å². The van der Waals surface area contributed by atoms with E-state index in [1.54, 1.807) is 87.7 Å². The van der Waals surface area contributed by atoms with Gasteiger partial charge in [0, 0.05) is 31.4 Å². The summed E-state index contributed by atoms with van der Waals surface area (Å²) >= 11 is 4.01. The van der Waals surface area contributed by atoms with Crippen molar-refractivity contribution in [1.82, 2.24) is 15.0 Å². The highest BCUT2D eigenvalue weighted by molar-refractivity contribution is 7.19. The molecule has 6 N–H and O–H groups in total. The fraction of sp³-hybridized carbons (Fsp3) is 0.436. The molecular formula is C78H86N4O18S3. The van der Waals surface area contributed by atoms with Gasteiger partial charge in [0.05, 0.1) is 132 Å². The number of ether oxygens (including phenoxy) is 8. The topological polar surface area (TPSA) is 326 Å². The maximum atomic E-state index is 12.7. The number of rotatable bonds is 36. The largest absolute Gasteiger partial charge is 0.496 e. The number of carboxylic acid groups (broad SMARTS) is 3. The minimum atomic E-state index is -1.34. The predicted octanol–water partition coefficient (Wildman–Crippen LogP) is 14.8. The number of Topliss-reactive ketones (excluding diaryl/α,β-unsaturated/α-hetero) is 1. The Hall–Kier alpha value is -8.68. The highest BCUT2D eigenvalue weighted by Gasteiger charge is 2.36. The lowest BCUT2D eigenvalue weighted by molar-refractivity contribution is -0.0769. The number of carbonyl (C=O) groups is 4. The first kappa shape index (κ1) is 75.5. The van der Waals surface area contributed by atoms with E-state index in [1.807, 2.05) is 32.9 Å². The molecule has 0 radical (unpaired) electrons. The Morgan fingerprint density at radius 3 is 1.68 bits per heavy atom. The standard InChI is InChI=1S/C78H86N4O18S3/c1-8-94-58-30-46(23-25-51(58)44(6)83)73(84)61(35-67-80-70-52(76(87)88)18-12-20-64(70)101-67)97-39-41(3)15-14-26-96-60-34-48(33-59(95-9-2)55(60)38-79)75(86)63(37-68-81-71-53(77(89)90)19-13-21-65(71)102-68)100-50-24-22-45(29-50)40-98-57-32-47(31-56(93-7)43(57)5)74(85)62(99-49-16-10-11-17-49)36-69-82-72-54(78(91)92)27-42(4)28-66(72)103-69/h12-13,18-21,23,25,27-28,30-34,41,45,49-50,61-63,73-75,84-86H,8-11,14-17,22,24,26,29,35-37,39-40H2,1-7H3,(H,87,88)(H,89,90)(H,91,92). The van der Waals surface area contributed by atoms with Gasteiger partial charge in [-0.1, -0.05) is 38.0 Å². The van der Waals surface area contributed by atoms with Crippen molar-refractivity contribution in [3.05, 3.63) is 162 Å². The maximum absolute atomic E-state index is 12.7. The molecule has 9 unspecified atom stereocenters. The van der Waals surface area contributed by atoms with Crippen LogP contribution in [0.15, 0.2) is 91.0 Å². The number of carboxylic acids is 3. The number of nitrogens with zero attached hydrogens (tertiary/aromatic N) is 4. The first-order valence-corrected chi connectivity index (χ1v) is 37.3. The number of fused-ring (bicyclic) bond motifs is 3. The van der Waals surface area contributed by atoms with Crippen molar-refractivity contribution in [3.63, 3.8) is 0 Å². The van der Waals surface area contributed by atoms with E-state index in [0.717, 1.165) is 41.5 Å². The summed E-state index contributed by atoms with van der Waals surface area (Å²) < 4.78 is 53.2. The van der Waals surface area contributed by atoms with Gasteiger partial charge in [0.1, 0.15) is 58.7 Å². The Balaban J connectivity index is 0.784. The number of aromatic nitrogens is 3. The molecular weight excluding hydrogens is 1380 g/mol. The van der Waals surface area contributed by atoms with E-state index < -0.39 is 54.5 Å². The molecule has 0 saturated heterocycles. The summed E-state index contributed by atoms with van der Waals surface area (Å²) in [4.78, 5) is 63.5. The van der Waals surface area contributed by atoms with Gasteiger partial charge >= 0.3 is 17.9 Å². The second-order valence-electron chi connectivity index (χ2n) is 26.5. The second-order valence-corrected chi connectivity index (χ2v) is 29.9. The van der Waals surface area contributed by atoms with Crippen molar-refractivity contribution in [3.8, 4) is 34.8 Å². The first-order valence-electron chi connectivity index (χ1n) is 34.9. The van der Waals surface area contributed by atoms with Crippen LogP contribution in [0.4, 0.5) is 0 Å². The van der Waals surface area contributed by atoms with Gasteiger partial charge < -0.3 is 68.5 Å². The average molecular weight is 1460 g/mol. The van der Waals surface area contributed by atoms with Gasteiger partial charge in [-0.15, -0.1) is 34.0 Å². The van der Waals surface area contributed by atoms with E-state index >= 15 is 0 Å². The third-order valence-corrected chi connectivity index (χ3v) is 22.1. The number of aliphatic hydroxyl groups excluding tert-OH is 3. The predicted molar refractivity (Wildman–Crippen MR) is 390 cm³/mol. The van der Waals surface area contributed by atoms with Crippen LogP contribution in [0, 0.1) is 37.0 Å². The van der Waals surface area contributed by atoms with E-state index in [0.29, 0.717) is 119 Å². The average Bonchev–Trinajstić information content (AvgIpc) is 1.73. The Morgan fingerprint density at radius 2 is 1.11 bits per heavy atom. The van der Waals surface area contributed by atoms with E-state index in [1.165, 1.54) is 53.1 Å². The van der Waals surface area contributed by atoms with Crippen LogP contribution in [-0.2, 0) is 33.5 Å². The lowest BCUT2D eigenvalue weighted by Crippen LogP contribution is -2.29. The summed E-state index contributed by atoms with van der Waals surface area (Å²) in [5.41, 5.74) is 4.67. The third-order valence-electron chi connectivity index (χ3n) is 18.9. The molecule has 0 amide bonds. The lowest BCUT2D eigenvalue weighted by atomic mass is 9.98. The Labute approximate surface area is 608 Å². The van der Waals surface area contributed by atoms with E-state index in [2.05, 4.69) is 11.1 Å². The summed E-state index contributed by atoms with van der Waals surface area (Å²) in [6, 6.07) is 27.5. The fourth-order valence-corrected chi connectivity index (χ4v) is 16.9. The van der Waals surface area contributed by atoms with Crippen LogP contribution >= 0.6 is 34.0 Å². The molecule has 0 spiro atoms. The molecule has 0 aliphatic heterocycles. The Morgan fingerprint density at radius 1 is 0.583 bits per heavy atom. The van der Waals surface area contributed by atoms with Crippen molar-refractivity contribution in [2.75, 3.05) is 40.1 Å². The molecule has 3 aromatic heterocycles. The Kier molecular flexibility index (Phi) is 25.1. The quantitative estimate of drug-likeness (QED) is 0.0157. The van der Waals surface area contributed by atoms with Crippen LogP contribution < -0.4 is 23.7 Å². The molecule has 2 fully saturated rings. The molecule has 6 aromatic carbocycles. The number of hydrogen-bond donors (Lipinski definition) is 6. The monoisotopic (exact) mass is 1460 g/mol. The number of ketones is 1. The van der Waals surface area contributed by atoms with Crippen LogP contribution in [0.3, 0.4) is 0 Å². The number of hydrogen-bond acceptors (Lipinski definition) is 22. The SMILES string of the molecule is CCOc1cc(C(O)C(Cc2nc3c(C(=O)O)cccc3s2)OCC(C)CCCOc2cc(C(O)C(Cc3nc4c(C(=O)O)cccc4s3)OC3CCC(COc4cc(C(O)C(Cc5nc6c(C(=O)O)cc(C)cc6s5)OC5CCCC5)cc(OC)c4C)C3)cc(OCC)c2C#N)ccc1C(C)=O. The molecule has 9 aromatic rings. The van der Waals surface area contributed by atoms with Gasteiger partial charge in [-0.2, -0.15) is 5.26 Å². The summed E-state index contributed by atoms with van der Waals surface area (Å²) in [6.45, 7) is 11.9. The van der Waals surface area contributed by atoms with Gasteiger partial charge in [-0.05, 0) is 186 Å². The molecule has 2 aliphatic rings. The molecule has 0 bridgehead atoms. The van der Waals surface area contributed by atoms with E-state index in [9.17, 15) is 55.1 Å². The van der Waals surface area contributed by atoms with Crippen molar-refractivity contribution < 1.29 is 87.7 Å². The number of thiazole rings is 3. The van der Waals surface area contributed by atoms with E-state index in [-0.39, 0.29) is 109 Å². The first-order chi connectivity index (χ1) is 49.6. The van der Waals surface area contributed by atoms with Gasteiger partial charge in [-0.25, -0.2) is 29.3 Å². The molecule has 9 atom stereocenters. The zero-order valence-electron chi connectivity index (χ0n) is 58.6. The van der Waals surface area contributed by atoms with Crippen LogP contribution in [0.5, 0.6) is 28.7 Å². The fourth-order valence-electron chi connectivity index (χ4n) is 13.7. The number of para-hydroxylation sites is 2. The Bertz CT molecular complexity index is 4580. The number of aliphatic hydroxyl groups is 3. The summed E-state index contributed by atoms with van der Waals surface area (Å²) in [7, 11) is 1.56. The number of benzene rings is 6. The summed E-state index contributed by atoms with van der Waals surface area (Å²) in [5.74, 6) is -1.85. The number of carbonyl (C=O) groups excluding carboxylic acids is 1. The molecule has 544 valence electrons. The second kappa shape index (κ2) is 34.3. The molecule has 3 heterocycles. The lowest BCUT2D eigenvalue weighted by Gasteiger charge is -2.28.